The molecule has 1 fully saturated rings. The molecule has 16 heavy (non-hydrogen) atoms. The second kappa shape index (κ2) is 14.5. The molecule has 0 heterocycles. The van der Waals surface area contributed by atoms with Crippen molar-refractivity contribution < 1.29 is 4.79 Å². The van der Waals surface area contributed by atoms with Crippen LogP contribution in [0.3, 0.4) is 0 Å². The lowest BCUT2D eigenvalue weighted by Gasteiger charge is -2.21. The van der Waals surface area contributed by atoms with Gasteiger partial charge in [-0.25, -0.2) is 0 Å². The van der Waals surface area contributed by atoms with Crippen LogP contribution in [0.5, 0.6) is 0 Å². The Kier molecular flexibility index (Phi) is 16.1. The van der Waals surface area contributed by atoms with Gasteiger partial charge in [0.25, 0.3) is 0 Å². The van der Waals surface area contributed by atoms with Crippen molar-refractivity contribution >= 4 is 5.91 Å². The molecule has 1 aliphatic carbocycles. The Labute approximate surface area is 102 Å². The summed E-state index contributed by atoms with van der Waals surface area (Å²) in [5, 5.41) is 2.96. The molecule has 0 bridgehead atoms. The van der Waals surface area contributed by atoms with E-state index in [0.717, 1.165) is 12.5 Å². The zero-order chi connectivity index (χ0) is 12.8. The second-order valence-electron chi connectivity index (χ2n) is 3.66. The molecular formula is C14H31NO. The van der Waals surface area contributed by atoms with E-state index >= 15 is 0 Å². The summed E-state index contributed by atoms with van der Waals surface area (Å²) in [6.45, 7) is 10.8. The van der Waals surface area contributed by atoms with Gasteiger partial charge in [-0.15, -0.1) is 0 Å². The van der Waals surface area contributed by atoms with Crippen molar-refractivity contribution in [2.75, 3.05) is 6.54 Å². The lowest BCUT2D eigenvalue weighted by Crippen LogP contribution is -2.29. The molecule has 0 aromatic rings. The normalized spacial score (nSPS) is 15.1. The minimum Gasteiger partial charge on any atom is -0.356 e. The van der Waals surface area contributed by atoms with Crippen LogP contribution < -0.4 is 5.32 Å². The zero-order valence-corrected chi connectivity index (χ0v) is 11.9. The van der Waals surface area contributed by atoms with Crippen LogP contribution in [0.2, 0.25) is 0 Å². The fraction of sp³-hybridized carbons (Fsp3) is 0.929. The summed E-state index contributed by atoms with van der Waals surface area (Å²) in [4.78, 5) is 10.9. The largest absolute Gasteiger partial charge is 0.356 e. The maximum atomic E-state index is 10.9. The van der Waals surface area contributed by atoms with Crippen LogP contribution in [0, 0.1) is 5.92 Å². The van der Waals surface area contributed by atoms with Crippen molar-refractivity contribution in [3.05, 3.63) is 0 Å². The van der Waals surface area contributed by atoms with Crippen molar-refractivity contribution in [2.24, 2.45) is 5.92 Å². The number of rotatable bonds is 3. The van der Waals surface area contributed by atoms with E-state index in [1.807, 2.05) is 34.6 Å². The van der Waals surface area contributed by atoms with Gasteiger partial charge in [-0.3, -0.25) is 4.79 Å². The molecular weight excluding hydrogens is 198 g/mol. The first-order valence-corrected chi connectivity index (χ1v) is 7.09. The maximum Gasteiger partial charge on any atom is 0.219 e. The van der Waals surface area contributed by atoms with Crippen LogP contribution in [0.1, 0.15) is 73.1 Å². The van der Waals surface area contributed by atoms with E-state index in [-0.39, 0.29) is 5.91 Å². The van der Waals surface area contributed by atoms with E-state index in [9.17, 15) is 4.79 Å². The average Bonchev–Trinajstić information content (AvgIpc) is 2.41. The third-order valence-corrected chi connectivity index (χ3v) is 2.63. The molecule has 0 atom stereocenters. The molecule has 1 amide bonds. The van der Waals surface area contributed by atoms with Crippen molar-refractivity contribution in [3.8, 4) is 0 Å². The van der Waals surface area contributed by atoms with Gasteiger partial charge in [0, 0.05) is 13.0 Å². The van der Waals surface area contributed by atoms with Crippen LogP contribution in [-0.4, -0.2) is 12.5 Å². The van der Waals surface area contributed by atoms with E-state index in [2.05, 4.69) is 5.32 Å². The number of nitrogens with one attached hydrogen (secondary N) is 1. The van der Waals surface area contributed by atoms with Crippen LogP contribution in [0.4, 0.5) is 0 Å². The third-order valence-electron chi connectivity index (χ3n) is 2.63. The molecule has 0 radical (unpaired) electrons. The molecule has 0 aromatic heterocycles. The van der Waals surface area contributed by atoms with Gasteiger partial charge in [0.1, 0.15) is 0 Å². The van der Waals surface area contributed by atoms with Crippen molar-refractivity contribution in [1.82, 2.24) is 5.32 Å². The minimum atomic E-state index is 0.195. The highest BCUT2D eigenvalue weighted by Crippen LogP contribution is 2.22. The first-order chi connectivity index (χ1) is 7.83. The molecule has 1 N–H and O–H groups in total. The Balaban J connectivity index is 0. The van der Waals surface area contributed by atoms with E-state index in [4.69, 9.17) is 0 Å². The average molecular weight is 229 g/mol. The monoisotopic (exact) mass is 229 g/mol. The van der Waals surface area contributed by atoms with Crippen LogP contribution >= 0.6 is 0 Å². The quantitative estimate of drug-likeness (QED) is 0.774. The summed E-state index contributed by atoms with van der Waals surface area (Å²) in [5.41, 5.74) is 0. The number of hydrogen-bond donors (Lipinski definition) is 1. The maximum absolute atomic E-state index is 10.9. The SMILES string of the molecule is CC.CC.CCC(=O)NCC1CCCCC1. The summed E-state index contributed by atoms with van der Waals surface area (Å²) in [7, 11) is 0. The highest BCUT2D eigenvalue weighted by molar-refractivity contribution is 5.75. The predicted octanol–water partition coefficient (Wildman–Crippen LogP) is 4.15. The molecule has 0 unspecified atom stereocenters. The van der Waals surface area contributed by atoms with Gasteiger partial charge in [-0.1, -0.05) is 53.9 Å². The standard InChI is InChI=1S/C10H19NO.2C2H6/c1-2-10(12)11-8-9-6-4-3-5-7-9;2*1-2/h9H,2-8H2,1H3,(H,11,12);2*1-2H3. The van der Waals surface area contributed by atoms with Gasteiger partial charge in [-0.05, 0) is 18.8 Å². The first-order valence-electron chi connectivity index (χ1n) is 7.09. The van der Waals surface area contributed by atoms with E-state index in [0.29, 0.717) is 6.42 Å². The van der Waals surface area contributed by atoms with Gasteiger partial charge < -0.3 is 5.32 Å². The lowest BCUT2D eigenvalue weighted by atomic mass is 9.89. The van der Waals surface area contributed by atoms with Gasteiger partial charge in [-0.2, -0.15) is 0 Å². The fourth-order valence-corrected chi connectivity index (χ4v) is 1.77. The molecule has 0 spiro atoms. The first kappa shape index (κ1) is 17.9. The van der Waals surface area contributed by atoms with Crippen molar-refractivity contribution in [1.29, 1.82) is 0 Å². The molecule has 2 nitrogen and oxygen atoms in total. The fourth-order valence-electron chi connectivity index (χ4n) is 1.77. The zero-order valence-electron chi connectivity index (χ0n) is 11.9. The van der Waals surface area contributed by atoms with Gasteiger partial charge >= 0.3 is 0 Å². The van der Waals surface area contributed by atoms with E-state index < -0.39 is 0 Å². The topological polar surface area (TPSA) is 29.1 Å². The van der Waals surface area contributed by atoms with Gasteiger partial charge in [0.2, 0.25) is 5.91 Å². The molecule has 0 aromatic carbocycles. The molecule has 0 aliphatic heterocycles. The number of carbonyl (C=O) groups is 1. The molecule has 1 rings (SSSR count). The summed E-state index contributed by atoms with van der Waals surface area (Å²) in [6.07, 6.45) is 7.33. The highest BCUT2D eigenvalue weighted by Gasteiger charge is 2.13. The molecule has 98 valence electrons. The van der Waals surface area contributed by atoms with Crippen molar-refractivity contribution in [2.45, 2.75) is 73.1 Å². The minimum absolute atomic E-state index is 0.195. The highest BCUT2D eigenvalue weighted by atomic mass is 16.1. The van der Waals surface area contributed by atoms with E-state index in [1.165, 1.54) is 32.1 Å². The van der Waals surface area contributed by atoms with Crippen molar-refractivity contribution in [3.63, 3.8) is 0 Å². The smallest absolute Gasteiger partial charge is 0.219 e. The van der Waals surface area contributed by atoms with Gasteiger partial charge in [0.05, 0.1) is 0 Å². The molecule has 1 aliphatic rings. The summed E-state index contributed by atoms with van der Waals surface area (Å²) >= 11 is 0. The molecule has 2 heteroatoms. The number of hydrogen-bond acceptors (Lipinski definition) is 1. The third kappa shape index (κ3) is 10.0. The Morgan fingerprint density at radius 3 is 2.00 bits per heavy atom. The Morgan fingerprint density at radius 2 is 1.56 bits per heavy atom. The van der Waals surface area contributed by atoms with E-state index in [1.54, 1.807) is 0 Å². The molecule has 1 saturated carbocycles. The Hall–Kier alpha value is -0.530. The predicted molar refractivity (Wildman–Crippen MR) is 72.6 cm³/mol. The summed E-state index contributed by atoms with van der Waals surface area (Å²) in [5.74, 6) is 0.954. The summed E-state index contributed by atoms with van der Waals surface area (Å²) in [6, 6.07) is 0. The lowest BCUT2D eigenvalue weighted by molar-refractivity contribution is -0.121. The van der Waals surface area contributed by atoms with Crippen LogP contribution in [0.25, 0.3) is 0 Å². The summed E-state index contributed by atoms with van der Waals surface area (Å²) < 4.78 is 0. The van der Waals surface area contributed by atoms with Gasteiger partial charge in [0.15, 0.2) is 0 Å². The Morgan fingerprint density at radius 1 is 1.06 bits per heavy atom. The van der Waals surface area contributed by atoms with Crippen LogP contribution in [-0.2, 0) is 4.79 Å². The van der Waals surface area contributed by atoms with Crippen LogP contribution in [0.15, 0.2) is 0 Å². The Bertz CT molecular complexity index is 140. The molecule has 0 saturated heterocycles. The second-order valence-corrected chi connectivity index (χ2v) is 3.66. The number of amides is 1. The number of carbonyl (C=O) groups excluding carboxylic acids is 1.